The van der Waals surface area contributed by atoms with E-state index >= 15 is 0 Å². The van der Waals surface area contributed by atoms with Crippen LogP contribution in [0.4, 0.5) is 11.6 Å². The average molecular weight is 334 g/mol. The van der Waals surface area contributed by atoms with Crippen molar-refractivity contribution in [1.29, 1.82) is 0 Å². The van der Waals surface area contributed by atoms with Crippen molar-refractivity contribution in [3.8, 4) is 11.3 Å². The number of aromatic nitrogens is 4. The van der Waals surface area contributed by atoms with E-state index in [0.717, 1.165) is 30.9 Å². The van der Waals surface area contributed by atoms with E-state index in [1.165, 1.54) is 12.1 Å². The Morgan fingerprint density at radius 1 is 1.20 bits per heavy atom. The molecule has 6 heteroatoms. The van der Waals surface area contributed by atoms with Crippen molar-refractivity contribution in [2.75, 3.05) is 29.9 Å². The van der Waals surface area contributed by atoms with Crippen LogP contribution < -0.4 is 10.2 Å². The van der Waals surface area contributed by atoms with Crippen molar-refractivity contribution in [3.05, 3.63) is 55.0 Å². The van der Waals surface area contributed by atoms with Crippen LogP contribution in [-0.4, -0.2) is 39.4 Å². The highest BCUT2D eigenvalue weighted by Gasteiger charge is 2.22. The van der Waals surface area contributed by atoms with E-state index < -0.39 is 0 Å². The van der Waals surface area contributed by atoms with Crippen LogP contribution in [0, 0.1) is 5.92 Å². The Labute approximate surface area is 147 Å². The normalized spacial score (nSPS) is 17.0. The van der Waals surface area contributed by atoms with Crippen LogP contribution in [0.1, 0.15) is 6.42 Å². The minimum Gasteiger partial charge on any atom is -0.371 e. The molecule has 0 amide bonds. The van der Waals surface area contributed by atoms with Gasteiger partial charge in [-0.05, 0) is 30.5 Å². The summed E-state index contributed by atoms with van der Waals surface area (Å²) in [6.45, 7) is 3.06. The van der Waals surface area contributed by atoms with E-state index in [9.17, 15) is 0 Å². The fourth-order valence-corrected chi connectivity index (χ4v) is 3.27. The summed E-state index contributed by atoms with van der Waals surface area (Å²) < 4.78 is 1.78. The summed E-state index contributed by atoms with van der Waals surface area (Å²) in [5.74, 6) is 1.28. The second-order valence-corrected chi connectivity index (χ2v) is 6.49. The van der Waals surface area contributed by atoms with E-state index in [0.29, 0.717) is 11.9 Å². The second-order valence-electron chi connectivity index (χ2n) is 6.49. The number of nitrogens with zero attached hydrogens (tertiary/aromatic N) is 5. The third-order valence-electron chi connectivity index (χ3n) is 4.61. The Hall–Kier alpha value is -2.89. The summed E-state index contributed by atoms with van der Waals surface area (Å²) in [7, 11) is 1.91. The van der Waals surface area contributed by atoms with Gasteiger partial charge in [0.1, 0.15) is 0 Å². The molecular formula is C19H22N6. The number of aryl methyl sites for hydroxylation is 1. The van der Waals surface area contributed by atoms with Gasteiger partial charge in [0, 0.05) is 50.3 Å². The molecule has 1 aliphatic heterocycles. The lowest BCUT2D eigenvalue weighted by atomic mass is 10.1. The number of para-hydroxylation sites is 1. The standard InChI is InChI=1S/C19H22N6/c1-24-14-16(12-22-24)18-7-9-20-19(23-18)21-11-15-8-10-25(13-15)17-5-3-2-4-6-17/h2-7,9,12,14-15H,8,10-11,13H2,1H3,(H,20,21,23)/t15-/m0/s1. The number of nitrogens with one attached hydrogen (secondary N) is 1. The van der Waals surface area contributed by atoms with Crippen molar-refractivity contribution < 1.29 is 0 Å². The van der Waals surface area contributed by atoms with Crippen LogP contribution in [-0.2, 0) is 7.05 Å². The van der Waals surface area contributed by atoms with Crippen LogP contribution in [0.25, 0.3) is 11.3 Å². The SMILES string of the molecule is Cn1cc(-c2ccnc(NC[C@@H]3CCN(c4ccccc4)C3)n2)cn1. The lowest BCUT2D eigenvalue weighted by Gasteiger charge is -2.18. The number of anilines is 2. The van der Waals surface area contributed by atoms with Gasteiger partial charge >= 0.3 is 0 Å². The zero-order valence-corrected chi connectivity index (χ0v) is 14.3. The summed E-state index contributed by atoms with van der Waals surface area (Å²) in [6, 6.07) is 12.5. The number of rotatable bonds is 5. The molecule has 3 heterocycles. The number of hydrogen-bond donors (Lipinski definition) is 1. The molecule has 25 heavy (non-hydrogen) atoms. The molecule has 2 aromatic heterocycles. The first-order valence-electron chi connectivity index (χ1n) is 8.64. The highest BCUT2D eigenvalue weighted by Crippen LogP contribution is 2.23. The van der Waals surface area contributed by atoms with Crippen molar-refractivity contribution in [1.82, 2.24) is 19.7 Å². The van der Waals surface area contributed by atoms with Crippen LogP contribution in [0.2, 0.25) is 0 Å². The molecule has 128 valence electrons. The monoisotopic (exact) mass is 334 g/mol. The fourth-order valence-electron chi connectivity index (χ4n) is 3.27. The molecule has 0 saturated carbocycles. The van der Waals surface area contributed by atoms with Crippen LogP contribution in [0.3, 0.4) is 0 Å². The first-order chi connectivity index (χ1) is 12.3. The third-order valence-corrected chi connectivity index (χ3v) is 4.61. The molecule has 1 fully saturated rings. The van der Waals surface area contributed by atoms with Gasteiger partial charge in [0.2, 0.25) is 5.95 Å². The summed E-state index contributed by atoms with van der Waals surface area (Å²) >= 11 is 0. The zero-order chi connectivity index (χ0) is 17.1. The summed E-state index contributed by atoms with van der Waals surface area (Å²) in [5.41, 5.74) is 3.20. The fraction of sp³-hybridized carbons (Fsp3) is 0.316. The smallest absolute Gasteiger partial charge is 0.223 e. The molecule has 0 radical (unpaired) electrons. The van der Waals surface area contributed by atoms with E-state index in [-0.39, 0.29) is 0 Å². The van der Waals surface area contributed by atoms with Gasteiger partial charge < -0.3 is 10.2 Å². The van der Waals surface area contributed by atoms with Gasteiger partial charge in [-0.1, -0.05) is 18.2 Å². The van der Waals surface area contributed by atoms with Gasteiger partial charge in [-0.25, -0.2) is 9.97 Å². The first kappa shape index (κ1) is 15.6. The maximum atomic E-state index is 4.61. The molecule has 0 unspecified atom stereocenters. The van der Waals surface area contributed by atoms with Gasteiger partial charge in [-0.3, -0.25) is 4.68 Å². The van der Waals surface area contributed by atoms with E-state index in [1.807, 2.05) is 25.5 Å². The van der Waals surface area contributed by atoms with Crippen molar-refractivity contribution in [3.63, 3.8) is 0 Å². The maximum Gasteiger partial charge on any atom is 0.223 e. The maximum absolute atomic E-state index is 4.61. The summed E-state index contributed by atoms with van der Waals surface area (Å²) in [5, 5.41) is 7.60. The highest BCUT2D eigenvalue weighted by atomic mass is 15.2. The van der Waals surface area contributed by atoms with Gasteiger partial charge in [0.15, 0.2) is 0 Å². The molecule has 0 spiro atoms. The predicted molar refractivity (Wildman–Crippen MR) is 99.5 cm³/mol. The van der Waals surface area contributed by atoms with E-state index in [4.69, 9.17) is 0 Å². The molecule has 1 aliphatic rings. The van der Waals surface area contributed by atoms with Gasteiger partial charge in [-0.15, -0.1) is 0 Å². The van der Waals surface area contributed by atoms with E-state index in [2.05, 4.69) is 55.6 Å². The Balaban J connectivity index is 1.36. The van der Waals surface area contributed by atoms with E-state index in [1.54, 1.807) is 10.9 Å². The van der Waals surface area contributed by atoms with Gasteiger partial charge in [0.05, 0.1) is 11.9 Å². The third kappa shape index (κ3) is 3.63. The van der Waals surface area contributed by atoms with Gasteiger partial charge in [0.25, 0.3) is 0 Å². The Kier molecular flexibility index (Phi) is 4.33. The topological polar surface area (TPSA) is 58.9 Å². The molecule has 6 nitrogen and oxygen atoms in total. The molecule has 3 aromatic rings. The molecule has 1 saturated heterocycles. The minimum atomic E-state index is 0.603. The number of hydrogen-bond acceptors (Lipinski definition) is 5. The average Bonchev–Trinajstić information content (AvgIpc) is 3.30. The second kappa shape index (κ2) is 6.93. The quantitative estimate of drug-likeness (QED) is 0.777. The van der Waals surface area contributed by atoms with Crippen molar-refractivity contribution in [2.24, 2.45) is 13.0 Å². The van der Waals surface area contributed by atoms with Crippen LogP contribution in [0.15, 0.2) is 55.0 Å². The van der Waals surface area contributed by atoms with Crippen molar-refractivity contribution in [2.45, 2.75) is 6.42 Å². The Morgan fingerprint density at radius 3 is 2.88 bits per heavy atom. The van der Waals surface area contributed by atoms with Crippen LogP contribution >= 0.6 is 0 Å². The largest absolute Gasteiger partial charge is 0.371 e. The zero-order valence-electron chi connectivity index (χ0n) is 14.3. The predicted octanol–water partition coefficient (Wildman–Crippen LogP) is 2.82. The lowest BCUT2D eigenvalue weighted by molar-refractivity contribution is 0.620. The summed E-state index contributed by atoms with van der Waals surface area (Å²) in [6.07, 6.45) is 6.76. The first-order valence-corrected chi connectivity index (χ1v) is 8.64. The molecule has 1 atom stereocenters. The van der Waals surface area contributed by atoms with Gasteiger partial charge in [-0.2, -0.15) is 5.10 Å². The minimum absolute atomic E-state index is 0.603. The molecule has 4 rings (SSSR count). The van der Waals surface area contributed by atoms with Crippen molar-refractivity contribution >= 4 is 11.6 Å². The summed E-state index contributed by atoms with van der Waals surface area (Å²) in [4.78, 5) is 11.4. The molecule has 1 N–H and O–H groups in total. The molecule has 0 aliphatic carbocycles. The Morgan fingerprint density at radius 2 is 2.08 bits per heavy atom. The Bertz CT molecular complexity index is 829. The molecule has 1 aromatic carbocycles. The number of benzene rings is 1. The van der Waals surface area contributed by atoms with Crippen LogP contribution in [0.5, 0.6) is 0 Å². The lowest BCUT2D eigenvalue weighted by Crippen LogP contribution is -2.22. The molecular weight excluding hydrogens is 312 g/mol. The molecule has 0 bridgehead atoms. The highest BCUT2D eigenvalue weighted by molar-refractivity contribution is 5.57.